The van der Waals surface area contributed by atoms with Crippen LogP contribution in [0.1, 0.15) is 35.9 Å². The SMILES string of the molecule is Cc1noc([C@@H](C)N2CCN(Cc3cn4cccc(C)c4n3)CC2)n1. The second-order valence-electron chi connectivity index (χ2n) is 6.82. The Morgan fingerprint density at radius 1 is 1.16 bits per heavy atom. The third kappa shape index (κ3) is 3.29. The number of rotatable bonds is 4. The summed E-state index contributed by atoms with van der Waals surface area (Å²) in [7, 11) is 0. The summed E-state index contributed by atoms with van der Waals surface area (Å²) in [6.07, 6.45) is 4.20. The number of nitrogens with zero attached hydrogens (tertiary/aromatic N) is 6. The van der Waals surface area contributed by atoms with E-state index in [0.717, 1.165) is 44.1 Å². The van der Waals surface area contributed by atoms with E-state index in [-0.39, 0.29) is 6.04 Å². The van der Waals surface area contributed by atoms with Gasteiger partial charge < -0.3 is 8.92 Å². The molecule has 1 saturated heterocycles. The Morgan fingerprint density at radius 2 is 1.96 bits per heavy atom. The van der Waals surface area contributed by atoms with Crippen LogP contribution in [0.5, 0.6) is 0 Å². The van der Waals surface area contributed by atoms with Gasteiger partial charge in [0.05, 0.1) is 11.7 Å². The number of fused-ring (bicyclic) bond motifs is 1. The molecule has 3 aromatic rings. The first kappa shape index (κ1) is 16.2. The Balaban J connectivity index is 1.37. The van der Waals surface area contributed by atoms with Gasteiger partial charge in [0.15, 0.2) is 5.82 Å². The van der Waals surface area contributed by atoms with E-state index < -0.39 is 0 Å². The van der Waals surface area contributed by atoms with Gasteiger partial charge in [0.1, 0.15) is 5.65 Å². The molecule has 1 aliphatic rings. The Labute approximate surface area is 147 Å². The van der Waals surface area contributed by atoms with E-state index in [0.29, 0.717) is 11.7 Å². The molecule has 0 N–H and O–H groups in total. The molecule has 0 aliphatic carbocycles. The molecule has 0 spiro atoms. The summed E-state index contributed by atoms with van der Waals surface area (Å²) < 4.78 is 7.43. The number of hydrogen-bond acceptors (Lipinski definition) is 6. The lowest BCUT2D eigenvalue weighted by Crippen LogP contribution is -2.46. The van der Waals surface area contributed by atoms with Gasteiger partial charge in [0.2, 0.25) is 5.89 Å². The largest absolute Gasteiger partial charge is 0.338 e. The molecule has 7 nitrogen and oxygen atoms in total. The van der Waals surface area contributed by atoms with Crippen molar-refractivity contribution in [3.63, 3.8) is 0 Å². The first-order valence-electron chi connectivity index (χ1n) is 8.80. The Kier molecular flexibility index (Phi) is 4.27. The summed E-state index contributed by atoms with van der Waals surface area (Å²) in [5.41, 5.74) is 3.39. The van der Waals surface area contributed by atoms with Crippen LogP contribution < -0.4 is 0 Å². The zero-order valence-corrected chi connectivity index (χ0v) is 15.0. The molecular formula is C18H24N6O. The van der Waals surface area contributed by atoms with Gasteiger partial charge in [-0.05, 0) is 32.4 Å². The molecule has 0 amide bonds. The highest BCUT2D eigenvalue weighted by atomic mass is 16.5. The molecule has 4 heterocycles. The van der Waals surface area contributed by atoms with Gasteiger partial charge in [-0.3, -0.25) is 9.80 Å². The number of piperazine rings is 1. The van der Waals surface area contributed by atoms with Crippen LogP contribution in [0.2, 0.25) is 0 Å². The Bertz CT molecular complexity index is 861. The summed E-state index contributed by atoms with van der Waals surface area (Å²) in [5, 5.41) is 3.90. The van der Waals surface area contributed by atoms with Gasteiger partial charge in [0.25, 0.3) is 0 Å². The van der Waals surface area contributed by atoms with Crippen molar-refractivity contribution in [2.45, 2.75) is 33.4 Å². The number of aryl methyl sites for hydroxylation is 2. The van der Waals surface area contributed by atoms with E-state index in [1.54, 1.807) is 0 Å². The molecule has 0 saturated carbocycles. The maximum Gasteiger partial charge on any atom is 0.243 e. The zero-order valence-electron chi connectivity index (χ0n) is 15.0. The normalized spacial score (nSPS) is 18.0. The third-order valence-electron chi connectivity index (χ3n) is 4.97. The first-order chi connectivity index (χ1) is 12.1. The monoisotopic (exact) mass is 340 g/mol. The smallest absolute Gasteiger partial charge is 0.243 e. The van der Waals surface area contributed by atoms with Crippen LogP contribution in [0, 0.1) is 13.8 Å². The number of imidazole rings is 1. The standard InChI is InChI=1S/C18H24N6O/c1-13-5-4-6-24-12-16(20-17(13)24)11-22-7-9-23(10-8-22)14(2)18-19-15(3)21-25-18/h4-6,12,14H,7-11H2,1-3H3/t14-/m1/s1. The predicted molar refractivity (Wildman–Crippen MR) is 94.2 cm³/mol. The average molecular weight is 340 g/mol. The van der Waals surface area contributed by atoms with Crippen molar-refractivity contribution in [2.24, 2.45) is 0 Å². The van der Waals surface area contributed by atoms with Crippen LogP contribution in [0.4, 0.5) is 0 Å². The molecule has 7 heteroatoms. The van der Waals surface area contributed by atoms with Gasteiger partial charge in [-0.2, -0.15) is 4.98 Å². The van der Waals surface area contributed by atoms with Crippen molar-refractivity contribution in [1.29, 1.82) is 0 Å². The topological polar surface area (TPSA) is 62.7 Å². The number of aromatic nitrogens is 4. The summed E-state index contributed by atoms with van der Waals surface area (Å²) in [6, 6.07) is 4.33. The Morgan fingerprint density at radius 3 is 2.64 bits per heavy atom. The number of pyridine rings is 1. The molecule has 1 atom stereocenters. The lowest BCUT2D eigenvalue weighted by atomic mass is 10.2. The van der Waals surface area contributed by atoms with Crippen LogP contribution in [0.25, 0.3) is 5.65 Å². The summed E-state index contributed by atoms with van der Waals surface area (Å²) in [5.74, 6) is 1.41. The number of hydrogen-bond donors (Lipinski definition) is 0. The maximum absolute atomic E-state index is 5.32. The predicted octanol–water partition coefficient (Wildman–Crippen LogP) is 2.21. The van der Waals surface area contributed by atoms with Crippen molar-refractivity contribution in [3.8, 4) is 0 Å². The molecule has 25 heavy (non-hydrogen) atoms. The highest BCUT2D eigenvalue weighted by Crippen LogP contribution is 2.21. The summed E-state index contributed by atoms with van der Waals surface area (Å²) in [4.78, 5) is 14.0. The molecule has 1 aliphatic heterocycles. The molecule has 0 aromatic carbocycles. The van der Waals surface area contributed by atoms with Crippen molar-refractivity contribution < 1.29 is 4.52 Å². The van der Waals surface area contributed by atoms with Gasteiger partial charge in [-0.25, -0.2) is 4.98 Å². The van der Waals surface area contributed by atoms with Crippen molar-refractivity contribution >= 4 is 5.65 Å². The maximum atomic E-state index is 5.32. The highest BCUT2D eigenvalue weighted by molar-refractivity contribution is 5.47. The molecule has 3 aromatic heterocycles. The van der Waals surface area contributed by atoms with E-state index in [2.05, 4.69) is 62.7 Å². The van der Waals surface area contributed by atoms with Gasteiger partial charge >= 0.3 is 0 Å². The second kappa shape index (κ2) is 6.57. The van der Waals surface area contributed by atoms with E-state index in [9.17, 15) is 0 Å². The molecule has 0 radical (unpaired) electrons. The minimum Gasteiger partial charge on any atom is -0.338 e. The Hall–Kier alpha value is -2.25. The van der Waals surface area contributed by atoms with Gasteiger partial charge in [0, 0.05) is 45.1 Å². The lowest BCUT2D eigenvalue weighted by molar-refractivity contribution is 0.0839. The van der Waals surface area contributed by atoms with Crippen molar-refractivity contribution in [3.05, 3.63) is 47.5 Å². The van der Waals surface area contributed by atoms with E-state index in [1.807, 2.05) is 6.92 Å². The minimum absolute atomic E-state index is 0.168. The first-order valence-corrected chi connectivity index (χ1v) is 8.80. The summed E-state index contributed by atoms with van der Waals surface area (Å²) in [6.45, 7) is 11.0. The third-order valence-corrected chi connectivity index (χ3v) is 4.97. The quantitative estimate of drug-likeness (QED) is 0.726. The fourth-order valence-electron chi connectivity index (χ4n) is 3.46. The van der Waals surface area contributed by atoms with Crippen LogP contribution in [0.15, 0.2) is 29.0 Å². The van der Waals surface area contributed by atoms with Crippen LogP contribution in [0.3, 0.4) is 0 Å². The van der Waals surface area contributed by atoms with Crippen LogP contribution >= 0.6 is 0 Å². The fraction of sp³-hybridized carbons (Fsp3) is 0.500. The van der Waals surface area contributed by atoms with E-state index in [4.69, 9.17) is 9.51 Å². The zero-order chi connectivity index (χ0) is 17.4. The molecule has 132 valence electrons. The molecule has 1 fully saturated rings. The minimum atomic E-state index is 0.168. The molecular weight excluding hydrogens is 316 g/mol. The van der Waals surface area contributed by atoms with Gasteiger partial charge in [-0.1, -0.05) is 11.2 Å². The molecule has 0 bridgehead atoms. The van der Waals surface area contributed by atoms with Crippen molar-refractivity contribution in [2.75, 3.05) is 26.2 Å². The highest BCUT2D eigenvalue weighted by Gasteiger charge is 2.25. The molecule has 4 rings (SSSR count). The lowest BCUT2D eigenvalue weighted by Gasteiger charge is -2.36. The molecule has 0 unspecified atom stereocenters. The van der Waals surface area contributed by atoms with E-state index >= 15 is 0 Å². The van der Waals surface area contributed by atoms with Gasteiger partial charge in [-0.15, -0.1) is 0 Å². The van der Waals surface area contributed by atoms with Crippen LogP contribution in [-0.2, 0) is 6.54 Å². The van der Waals surface area contributed by atoms with Crippen molar-refractivity contribution in [1.82, 2.24) is 29.3 Å². The fourth-order valence-corrected chi connectivity index (χ4v) is 3.46. The summed E-state index contributed by atoms with van der Waals surface area (Å²) >= 11 is 0. The van der Waals surface area contributed by atoms with Crippen LogP contribution in [-0.4, -0.2) is 55.5 Å². The van der Waals surface area contributed by atoms with E-state index in [1.165, 1.54) is 5.56 Å². The average Bonchev–Trinajstić information content (AvgIpc) is 3.22. The second-order valence-corrected chi connectivity index (χ2v) is 6.82.